The summed E-state index contributed by atoms with van der Waals surface area (Å²) in [5.41, 5.74) is 24.7. The Labute approximate surface area is 667 Å². The zero-order chi connectivity index (χ0) is 83.4. The van der Waals surface area contributed by atoms with E-state index >= 15 is 0 Å². The van der Waals surface area contributed by atoms with Crippen LogP contribution >= 0.6 is 0 Å². The molecule has 15 aromatic carbocycles. The molecule has 2 aliphatic rings. The molecular formula is C106H89N5O. The first kappa shape index (κ1) is 60.0. The van der Waals surface area contributed by atoms with Crippen LogP contribution in [0.25, 0.3) is 133 Å². The highest BCUT2D eigenvalue weighted by Gasteiger charge is 2.44. The molecule has 3 aromatic heterocycles. The third kappa shape index (κ3) is 11.0. The van der Waals surface area contributed by atoms with Gasteiger partial charge in [0.15, 0.2) is 0 Å². The average Bonchev–Trinajstić information content (AvgIpc) is 0.777. The molecule has 0 unspecified atom stereocenters. The molecule has 0 N–H and O–H groups in total. The Kier molecular flexibility index (Phi) is 13.6. The van der Waals surface area contributed by atoms with Crippen LogP contribution in [0.1, 0.15) is 116 Å². The van der Waals surface area contributed by atoms with Gasteiger partial charge in [0.05, 0.1) is 89.9 Å². The second kappa shape index (κ2) is 25.3. The van der Waals surface area contributed by atoms with Gasteiger partial charge in [0, 0.05) is 60.3 Å². The second-order valence-electron chi connectivity index (χ2n) is 34.4. The summed E-state index contributed by atoms with van der Waals surface area (Å²) in [5.74, 6) is 0. The Morgan fingerprint density at radius 3 is 1.24 bits per heavy atom. The van der Waals surface area contributed by atoms with Gasteiger partial charge in [0.25, 0.3) is 0 Å². The molecule has 2 aliphatic heterocycles. The van der Waals surface area contributed by atoms with Crippen LogP contribution in [0, 0.1) is 0 Å². The third-order valence-electron chi connectivity index (χ3n) is 23.1. The van der Waals surface area contributed by atoms with Crippen LogP contribution < -0.4 is 14.7 Å². The maximum absolute atomic E-state index is 10.3. The average molecular weight is 1460 g/mol. The van der Waals surface area contributed by atoms with Crippen molar-refractivity contribution in [3.63, 3.8) is 0 Å². The Hall–Kier alpha value is -12.9. The lowest BCUT2D eigenvalue weighted by atomic mass is 9.79. The lowest BCUT2D eigenvalue weighted by Crippen LogP contribution is -2.31. The van der Waals surface area contributed by atoms with Gasteiger partial charge in [-0.3, -0.25) is 0 Å². The van der Waals surface area contributed by atoms with E-state index in [-0.39, 0.29) is 43.5 Å². The first-order valence-electron chi connectivity index (χ1n) is 42.9. The van der Waals surface area contributed by atoms with E-state index in [1.54, 1.807) is 4.57 Å². The van der Waals surface area contributed by atoms with Gasteiger partial charge in [-0.1, -0.05) is 313 Å². The molecule has 5 heterocycles. The van der Waals surface area contributed by atoms with Crippen LogP contribution in [0.15, 0.2) is 326 Å². The molecular weight excluding hydrogens is 1360 g/mol. The number of hydrogen-bond acceptors (Lipinski definition) is 4. The quantitative estimate of drug-likeness (QED) is 0.144. The molecule has 0 fully saturated rings. The highest BCUT2D eigenvalue weighted by Crippen LogP contribution is 2.68. The number of para-hydroxylation sites is 4. The molecule has 18 aromatic rings. The predicted octanol–water partition coefficient (Wildman–Crippen LogP) is 30.3. The summed E-state index contributed by atoms with van der Waals surface area (Å²) in [6.07, 6.45) is 0. The number of rotatable bonds is 9. The molecule has 0 atom stereocenters. The number of fused-ring (bicyclic) bond motifs is 13. The Bertz CT molecular complexity index is 7120. The van der Waals surface area contributed by atoms with Crippen molar-refractivity contribution < 1.29 is 15.4 Å². The van der Waals surface area contributed by atoms with E-state index in [0.717, 1.165) is 134 Å². The van der Waals surface area contributed by atoms with Crippen molar-refractivity contribution in [2.75, 3.05) is 14.7 Å². The number of aromatic nitrogens is 2. The van der Waals surface area contributed by atoms with E-state index < -0.39 is 48.3 Å². The van der Waals surface area contributed by atoms with Crippen molar-refractivity contribution in [3.05, 3.63) is 344 Å². The molecule has 0 saturated carbocycles. The highest BCUT2D eigenvalue weighted by molar-refractivity contribution is 6.22. The summed E-state index contributed by atoms with van der Waals surface area (Å²) in [6.45, 7) is 27.3. The zero-order valence-corrected chi connectivity index (χ0v) is 65.1. The van der Waals surface area contributed by atoms with Crippen molar-refractivity contribution in [2.24, 2.45) is 0 Å². The maximum atomic E-state index is 10.3. The number of benzene rings is 15. The molecule has 0 saturated heterocycles. The monoisotopic (exact) mass is 1460 g/mol. The van der Waals surface area contributed by atoms with Crippen LogP contribution in [0.3, 0.4) is 0 Å². The standard InChI is InChI=1S/C106H89N5O/c1-103(2,3)72-49-53-89-84(60-72)85-61-73(104(4,5)6)50-54-90(85)107(89)76-51-55-92-94(62-76)111(100-83(68-36-21-15-22-37-68)65-86-82-42-27-30-47-97(82)112-102(86)98(100)69-38-23-16-24-39-69)96-64-77(108-87-45-28-25-40-80(87)81-41-26-29-46-88(81)108)63-95-101(96)109(92)93-58-70(71-56-74(105(7,8)9)59-75(57-71)106(10,11)12)48-52-91(93)110(95)99-78(66-32-17-13-18-33-66)43-31-44-79(99)67-34-19-14-20-35-67/h13-65H,1-12H3/i25D,26D,28D,29D,40D,41D,45D,46D. The largest absolute Gasteiger partial charge is 0.455 e. The van der Waals surface area contributed by atoms with Crippen molar-refractivity contribution in [2.45, 2.75) is 105 Å². The van der Waals surface area contributed by atoms with Crippen molar-refractivity contribution in [1.29, 1.82) is 0 Å². The van der Waals surface area contributed by atoms with E-state index in [4.69, 9.17) is 4.42 Å². The van der Waals surface area contributed by atoms with Gasteiger partial charge < -0.3 is 28.3 Å². The maximum Gasteiger partial charge on any atom is 0.145 e. The fraction of sp³-hybridized carbons (Fsp3) is 0.151. The predicted molar refractivity (Wildman–Crippen MR) is 476 cm³/mol. The molecule has 0 spiro atoms. The minimum absolute atomic E-state index is 0.0135. The Balaban J connectivity index is 1.04. The number of hydrogen-bond donors (Lipinski definition) is 0. The number of furan rings is 1. The normalized spacial score (nSPS) is 14.1. The zero-order valence-electron chi connectivity index (χ0n) is 73.1. The number of nitrogens with zero attached hydrogens (tertiary/aromatic N) is 5. The van der Waals surface area contributed by atoms with E-state index in [1.165, 1.54) is 22.3 Å². The Morgan fingerprint density at radius 2 is 0.705 bits per heavy atom. The van der Waals surface area contributed by atoms with Gasteiger partial charge in [-0.25, -0.2) is 0 Å². The van der Waals surface area contributed by atoms with Gasteiger partial charge in [-0.2, -0.15) is 0 Å². The molecule has 6 nitrogen and oxygen atoms in total. The van der Waals surface area contributed by atoms with E-state index in [2.05, 4.69) is 339 Å². The second-order valence-corrected chi connectivity index (χ2v) is 34.4. The summed E-state index contributed by atoms with van der Waals surface area (Å²) in [6, 6.07) is 94.2. The summed E-state index contributed by atoms with van der Waals surface area (Å²) in [5, 5.41) is 4.03. The summed E-state index contributed by atoms with van der Waals surface area (Å²) in [7, 11) is 0. The lowest BCUT2D eigenvalue weighted by molar-refractivity contribution is 0.569. The summed E-state index contributed by atoms with van der Waals surface area (Å²) >= 11 is 0. The molecule has 0 aliphatic carbocycles. The highest BCUT2D eigenvalue weighted by atomic mass is 16.3. The SMILES string of the molecule is [2H]c1c([2H])c([2H])c2c(c1[2H])c1c([2H])c([2H])c([2H])c([2H])c1n2-c1cc2c3c(c1)N(c1c(-c4ccccc4)cc4c(oc5ccccc54)c1-c1ccccc1)c1cc(-n4c5ccc(C(C)(C)C)cc5c5cc(C(C)(C)C)ccc54)ccc1N3c1cc(-c3cc(C(C)(C)C)cc(C(C)(C)C)c3)ccc1N2c1c(-c2ccccc2)cccc1-c1ccccc1. The van der Waals surface area contributed by atoms with Crippen LogP contribution in [-0.4, -0.2) is 9.13 Å². The van der Waals surface area contributed by atoms with Crippen LogP contribution in [-0.2, 0) is 21.7 Å². The smallest absolute Gasteiger partial charge is 0.145 e. The Morgan fingerprint density at radius 1 is 0.259 bits per heavy atom. The van der Waals surface area contributed by atoms with Gasteiger partial charge in [0.1, 0.15) is 11.2 Å². The number of anilines is 9. The summed E-state index contributed by atoms with van der Waals surface area (Å²) in [4.78, 5) is 7.24. The fourth-order valence-electron chi connectivity index (χ4n) is 17.3. The molecule has 112 heavy (non-hydrogen) atoms. The molecule has 0 bridgehead atoms. The van der Waals surface area contributed by atoms with Crippen LogP contribution in [0.4, 0.5) is 51.2 Å². The minimum atomic E-state index is -0.531. The van der Waals surface area contributed by atoms with E-state index in [9.17, 15) is 11.0 Å². The molecule has 0 amide bonds. The first-order chi connectivity index (χ1) is 57.4. The van der Waals surface area contributed by atoms with Gasteiger partial charge in [0.2, 0.25) is 0 Å². The van der Waals surface area contributed by atoms with Crippen molar-refractivity contribution in [3.8, 4) is 67.0 Å². The molecule has 0 radical (unpaired) electrons. The van der Waals surface area contributed by atoms with Crippen LogP contribution in [0.5, 0.6) is 0 Å². The van der Waals surface area contributed by atoms with Crippen molar-refractivity contribution in [1.82, 2.24) is 9.13 Å². The van der Waals surface area contributed by atoms with Crippen LogP contribution in [0.2, 0.25) is 0 Å². The van der Waals surface area contributed by atoms with Gasteiger partial charge in [-0.05, 0) is 168 Å². The van der Waals surface area contributed by atoms with E-state index in [1.807, 2.05) is 36.4 Å². The first-order valence-corrected chi connectivity index (χ1v) is 38.9. The third-order valence-corrected chi connectivity index (χ3v) is 23.1. The topological polar surface area (TPSA) is 32.7 Å². The molecule has 544 valence electrons. The fourth-order valence-corrected chi connectivity index (χ4v) is 17.3. The molecule has 6 heteroatoms. The minimum Gasteiger partial charge on any atom is -0.455 e. The van der Waals surface area contributed by atoms with E-state index in [0.29, 0.717) is 28.2 Å². The van der Waals surface area contributed by atoms with Gasteiger partial charge in [-0.15, -0.1) is 0 Å². The summed E-state index contributed by atoms with van der Waals surface area (Å²) < 4.78 is 90.1. The lowest BCUT2D eigenvalue weighted by Gasteiger charge is -2.48. The molecule has 20 rings (SSSR count). The van der Waals surface area contributed by atoms with Crippen molar-refractivity contribution >= 4 is 117 Å². The van der Waals surface area contributed by atoms with Gasteiger partial charge >= 0.3 is 0 Å².